The summed E-state index contributed by atoms with van der Waals surface area (Å²) in [4.78, 5) is 11.8. The molecule has 1 aliphatic carbocycles. The van der Waals surface area contributed by atoms with Crippen molar-refractivity contribution in [1.82, 2.24) is 0 Å². The van der Waals surface area contributed by atoms with E-state index in [2.05, 4.69) is 13.8 Å². The summed E-state index contributed by atoms with van der Waals surface area (Å²) in [5, 5.41) is 0. The van der Waals surface area contributed by atoms with Crippen molar-refractivity contribution >= 4 is 5.97 Å². The molecule has 0 amide bonds. The molecule has 0 N–H and O–H groups in total. The fourth-order valence-electron chi connectivity index (χ4n) is 1.75. The second kappa shape index (κ2) is 6.20. The molecule has 1 saturated carbocycles. The van der Waals surface area contributed by atoms with Gasteiger partial charge in [0, 0.05) is 0 Å². The predicted octanol–water partition coefficient (Wildman–Crippen LogP) is 3.53. The summed E-state index contributed by atoms with van der Waals surface area (Å²) in [7, 11) is 0. The van der Waals surface area contributed by atoms with Crippen LogP contribution in [0.15, 0.2) is 24.3 Å². The largest absolute Gasteiger partial charge is 0.425 e. The third-order valence-corrected chi connectivity index (χ3v) is 3.38. The van der Waals surface area contributed by atoms with Crippen molar-refractivity contribution in [2.24, 2.45) is 5.92 Å². The van der Waals surface area contributed by atoms with Gasteiger partial charge in [-0.2, -0.15) is 0 Å². The van der Waals surface area contributed by atoms with E-state index in [1.807, 2.05) is 24.3 Å². The van der Waals surface area contributed by atoms with Crippen molar-refractivity contribution in [2.75, 3.05) is 6.61 Å². The lowest BCUT2D eigenvalue weighted by molar-refractivity contribution is -0.146. The molecule has 0 bridgehead atoms. The summed E-state index contributed by atoms with van der Waals surface area (Å²) in [5.74, 6) is 1.39. The van der Waals surface area contributed by atoms with Gasteiger partial charge in [-0.15, -0.1) is 0 Å². The average molecular weight is 262 g/mol. The van der Waals surface area contributed by atoms with E-state index in [1.165, 1.54) is 18.4 Å². The Labute approximate surface area is 114 Å². The second-order valence-corrected chi connectivity index (χ2v) is 5.56. The van der Waals surface area contributed by atoms with Gasteiger partial charge in [0.05, 0.1) is 6.61 Å². The lowest BCUT2D eigenvalue weighted by Gasteiger charge is -2.12. The van der Waals surface area contributed by atoms with E-state index in [4.69, 9.17) is 9.47 Å². The molecule has 0 spiro atoms. The number of carbonyl (C=O) groups excluding carboxylic acids is 1. The molecule has 1 atom stereocenters. The maximum atomic E-state index is 11.8. The number of hydrogen-bond donors (Lipinski definition) is 0. The van der Waals surface area contributed by atoms with Gasteiger partial charge in [0.25, 0.3) is 0 Å². The summed E-state index contributed by atoms with van der Waals surface area (Å²) in [6.07, 6.45) is 1.95. The number of rotatable bonds is 6. The maximum Gasteiger partial charge on any atom is 0.340 e. The molecule has 1 unspecified atom stereocenters. The Morgan fingerprint density at radius 1 is 1.21 bits per heavy atom. The number of hydrogen-bond acceptors (Lipinski definition) is 3. The molecule has 0 radical (unpaired) electrons. The first-order chi connectivity index (χ1) is 9.06. The Kier molecular flexibility index (Phi) is 4.59. The van der Waals surface area contributed by atoms with Gasteiger partial charge in [-0.25, -0.2) is 4.79 Å². The first-order valence-corrected chi connectivity index (χ1v) is 6.99. The highest BCUT2D eigenvalue weighted by Crippen LogP contribution is 2.29. The zero-order valence-electron chi connectivity index (χ0n) is 11.9. The van der Waals surface area contributed by atoms with Crippen LogP contribution in [-0.4, -0.2) is 18.7 Å². The minimum Gasteiger partial charge on any atom is -0.425 e. The number of esters is 1. The molecule has 1 fully saturated rings. The smallest absolute Gasteiger partial charge is 0.340 e. The molecular weight excluding hydrogens is 240 g/mol. The molecule has 0 aliphatic heterocycles. The molecule has 1 aromatic rings. The Bertz CT molecular complexity index is 418. The number of benzene rings is 1. The normalized spacial score (nSPS) is 16.4. The van der Waals surface area contributed by atoms with E-state index in [0.29, 0.717) is 24.2 Å². The Balaban J connectivity index is 1.82. The molecule has 104 valence electrons. The van der Waals surface area contributed by atoms with Crippen LogP contribution in [0.4, 0.5) is 0 Å². The maximum absolute atomic E-state index is 11.8. The van der Waals surface area contributed by atoms with Crippen molar-refractivity contribution in [3.8, 4) is 5.75 Å². The van der Waals surface area contributed by atoms with Gasteiger partial charge in [-0.3, -0.25) is 0 Å². The minimum atomic E-state index is -0.495. The van der Waals surface area contributed by atoms with Gasteiger partial charge in [0.2, 0.25) is 0 Å². The second-order valence-electron chi connectivity index (χ2n) is 5.56. The topological polar surface area (TPSA) is 35.5 Å². The van der Waals surface area contributed by atoms with Gasteiger partial charge in [-0.1, -0.05) is 26.0 Å². The van der Waals surface area contributed by atoms with Crippen molar-refractivity contribution in [1.29, 1.82) is 0 Å². The summed E-state index contributed by atoms with van der Waals surface area (Å²) >= 11 is 0. The average Bonchev–Trinajstić information content (AvgIpc) is 3.20. The summed E-state index contributed by atoms with van der Waals surface area (Å²) in [6.45, 7) is 6.68. The third kappa shape index (κ3) is 4.35. The number of ether oxygens (including phenoxy) is 2. The minimum absolute atomic E-state index is 0.321. The molecule has 0 aromatic heterocycles. The van der Waals surface area contributed by atoms with E-state index in [-0.39, 0.29) is 5.97 Å². The molecule has 0 saturated heterocycles. The lowest BCUT2D eigenvalue weighted by Crippen LogP contribution is -2.26. The Hall–Kier alpha value is -1.35. The third-order valence-electron chi connectivity index (χ3n) is 3.38. The fourth-order valence-corrected chi connectivity index (χ4v) is 1.75. The summed E-state index contributed by atoms with van der Waals surface area (Å²) in [5.41, 5.74) is 1.23. The zero-order valence-corrected chi connectivity index (χ0v) is 11.9. The monoisotopic (exact) mass is 262 g/mol. The molecule has 3 nitrogen and oxygen atoms in total. The highest BCUT2D eigenvalue weighted by molar-refractivity contribution is 5.76. The highest BCUT2D eigenvalue weighted by atomic mass is 16.6. The summed E-state index contributed by atoms with van der Waals surface area (Å²) in [6, 6.07) is 7.65. The van der Waals surface area contributed by atoms with Crippen molar-refractivity contribution in [3.05, 3.63) is 29.8 Å². The van der Waals surface area contributed by atoms with Crippen molar-refractivity contribution in [3.63, 3.8) is 0 Å². The molecule has 3 heteroatoms. The molecule has 0 heterocycles. The first kappa shape index (κ1) is 14.1. The van der Waals surface area contributed by atoms with Gasteiger partial charge in [0.1, 0.15) is 5.75 Å². The fraction of sp³-hybridized carbons (Fsp3) is 0.562. The predicted molar refractivity (Wildman–Crippen MR) is 74.3 cm³/mol. The summed E-state index contributed by atoms with van der Waals surface area (Å²) < 4.78 is 10.8. The molecule has 2 rings (SSSR count). The SMILES string of the molecule is CC(OCC1CC1)C(=O)Oc1ccc(C(C)C)cc1. The molecule has 1 aromatic carbocycles. The number of carbonyl (C=O) groups is 1. The van der Waals surface area contributed by atoms with Crippen LogP contribution < -0.4 is 4.74 Å². The van der Waals surface area contributed by atoms with Crippen LogP contribution in [0, 0.1) is 5.92 Å². The van der Waals surface area contributed by atoms with Gasteiger partial charge in [0.15, 0.2) is 6.10 Å². The van der Waals surface area contributed by atoms with Crippen LogP contribution >= 0.6 is 0 Å². The van der Waals surface area contributed by atoms with Crippen LogP contribution in [0.25, 0.3) is 0 Å². The molecule has 1 aliphatic rings. The zero-order chi connectivity index (χ0) is 13.8. The van der Waals surface area contributed by atoms with Gasteiger partial charge in [-0.05, 0) is 49.3 Å². The van der Waals surface area contributed by atoms with E-state index in [9.17, 15) is 4.79 Å². The van der Waals surface area contributed by atoms with E-state index < -0.39 is 6.10 Å². The van der Waals surface area contributed by atoms with Crippen LogP contribution in [0.2, 0.25) is 0 Å². The van der Waals surface area contributed by atoms with Crippen molar-refractivity contribution < 1.29 is 14.3 Å². The van der Waals surface area contributed by atoms with Crippen LogP contribution in [0.1, 0.15) is 45.1 Å². The van der Waals surface area contributed by atoms with Crippen LogP contribution in [0.5, 0.6) is 5.75 Å². The van der Waals surface area contributed by atoms with Gasteiger partial charge >= 0.3 is 5.97 Å². The lowest BCUT2D eigenvalue weighted by atomic mass is 10.0. The molecular formula is C16H22O3. The van der Waals surface area contributed by atoms with Crippen LogP contribution in [0.3, 0.4) is 0 Å². The van der Waals surface area contributed by atoms with Crippen molar-refractivity contribution in [2.45, 2.75) is 45.6 Å². The van der Waals surface area contributed by atoms with E-state index >= 15 is 0 Å². The Morgan fingerprint density at radius 2 is 1.84 bits per heavy atom. The van der Waals surface area contributed by atoms with Crippen LogP contribution in [-0.2, 0) is 9.53 Å². The Morgan fingerprint density at radius 3 is 2.37 bits per heavy atom. The van der Waals surface area contributed by atoms with Gasteiger partial charge < -0.3 is 9.47 Å². The molecule has 19 heavy (non-hydrogen) atoms. The quantitative estimate of drug-likeness (QED) is 0.581. The van der Waals surface area contributed by atoms with E-state index in [0.717, 1.165) is 0 Å². The van der Waals surface area contributed by atoms with E-state index in [1.54, 1.807) is 6.92 Å². The highest BCUT2D eigenvalue weighted by Gasteiger charge is 2.24. The first-order valence-electron chi connectivity index (χ1n) is 6.99. The standard InChI is InChI=1S/C16H22O3/c1-11(2)14-6-8-15(9-7-14)19-16(17)12(3)18-10-13-4-5-13/h6-9,11-13H,4-5,10H2,1-3H3.